The zero-order chi connectivity index (χ0) is 15.5. The van der Waals surface area contributed by atoms with Crippen LogP contribution >= 0.6 is 11.3 Å². The summed E-state index contributed by atoms with van der Waals surface area (Å²) in [6.45, 7) is 8.31. The Morgan fingerprint density at radius 3 is 2.76 bits per heavy atom. The first-order valence-electron chi connectivity index (χ1n) is 7.46. The van der Waals surface area contributed by atoms with Crippen LogP contribution in [0.4, 0.5) is 4.79 Å². The number of carbonyl (C=O) groups is 1. The highest BCUT2D eigenvalue weighted by atomic mass is 32.1. The van der Waals surface area contributed by atoms with Crippen LogP contribution in [-0.4, -0.2) is 29.3 Å². The Morgan fingerprint density at radius 2 is 2.24 bits per heavy atom. The molecule has 0 bridgehead atoms. The number of ether oxygens (including phenoxy) is 1. The molecule has 0 radical (unpaired) electrons. The Bertz CT molecular complexity index is 452. The molecule has 0 spiro atoms. The van der Waals surface area contributed by atoms with E-state index in [1.807, 2.05) is 26.3 Å². The van der Waals surface area contributed by atoms with E-state index in [1.54, 1.807) is 11.3 Å². The quantitative estimate of drug-likeness (QED) is 0.847. The van der Waals surface area contributed by atoms with Crippen LogP contribution < -0.4 is 10.6 Å². The van der Waals surface area contributed by atoms with Gasteiger partial charge in [0.2, 0.25) is 0 Å². The molecule has 1 aromatic rings. The maximum Gasteiger partial charge on any atom is 0.407 e. The molecule has 2 N–H and O–H groups in total. The van der Waals surface area contributed by atoms with Gasteiger partial charge >= 0.3 is 6.09 Å². The maximum atomic E-state index is 11.7. The summed E-state index contributed by atoms with van der Waals surface area (Å²) in [5.74, 6) is 0.640. The van der Waals surface area contributed by atoms with Crippen molar-refractivity contribution in [2.75, 3.05) is 6.54 Å². The largest absolute Gasteiger partial charge is 0.444 e. The van der Waals surface area contributed by atoms with Gasteiger partial charge < -0.3 is 15.4 Å². The normalized spacial score (nSPS) is 18.1. The number of amides is 1. The average Bonchev–Trinajstić information content (AvgIpc) is 3.06. The van der Waals surface area contributed by atoms with E-state index in [2.05, 4.69) is 27.9 Å². The summed E-state index contributed by atoms with van der Waals surface area (Å²) in [6, 6.07) is 0.469. The molecule has 2 rings (SSSR count). The predicted molar refractivity (Wildman–Crippen MR) is 84.4 cm³/mol. The lowest BCUT2D eigenvalue weighted by molar-refractivity contribution is 0.0520. The van der Waals surface area contributed by atoms with Gasteiger partial charge in [0, 0.05) is 24.0 Å². The van der Waals surface area contributed by atoms with Crippen molar-refractivity contribution in [3.63, 3.8) is 0 Å². The van der Waals surface area contributed by atoms with Gasteiger partial charge in [-0.15, -0.1) is 11.3 Å². The zero-order valence-corrected chi connectivity index (χ0v) is 14.0. The molecule has 5 nitrogen and oxygen atoms in total. The third-order valence-electron chi connectivity index (χ3n) is 3.42. The molecule has 0 aromatic carbocycles. The van der Waals surface area contributed by atoms with Crippen LogP contribution in [0.25, 0.3) is 0 Å². The fourth-order valence-corrected chi connectivity index (χ4v) is 2.86. The molecule has 1 aliphatic rings. The van der Waals surface area contributed by atoms with Gasteiger partial charge in [-0.05, 0) is 46.5 Å². The fourth-order valence-electron chi connectivity index (χ4n) is 2.21. The van der Waals surface area contributed by atoms with E-state index < -0.39 is 5.60 Å². The van der Waals surface area contributed by atoms with Crippen LogP contribution in [0.3, 0.4) is 0 Å². The van der Waals surface area contributed by atoms with Crippen molar-refractivity contribution in [3.8, 4) is 0 Å². The smallest absolute Gasteiger partial charge is 0.407 e. The highest BCUT2D eigenvalue weighted by Crippen LogP contribution is 2.33. The first-order valence-corrected chi connectivity index (χ1v) is 8.40. The van der Waals surface area contributed by atoms with E-state index in [0.717, 1.165) is 5.69 Å². The molecule has 1 saturated carbocycles. The first kappa shape index (κ1) is 16.2. The standard InChI is InChI=1S/C15H25N3O2S/c1-10(13-8-21-9-17-13)18-12(11-5-6-11)7-16-14(19)20-15(2,3)4/h8-12,18H,5-7H2,1-4H3,(H,16,19). The number of hydrogen-bond acceptors (Lipinski definition) is 5. The number of thiazole rings is 1. The Kier molecular flexibility index (Phi) is 5.22. The Labute approximate surface area is 130 Å². The lowest BCUT2D eigenvalue weighted by Crippen LogP contribution is -2.44. The van der Waals surface area contributed by atoms with Crippen molar-refractivity contribution >= 4 is 17.4 Å². The van der Waals surface area contributed by atoms with E-state index >= 15 is 0 Å². The molecule has 0 aliphatic heterocycles. The molecular formula is C15H25N3O2S. The van der Waals surface area contributed by atoms with Crippen molar-refractivity contribution < 1.29 is 9.53 Å². The number of nitrogens with one attached hydrogen (secondary N) is 2. The number of rotatable bonds is 6. The van der Waals surface area contributed by atoms with Gasteiger partial charge in [-0.25, -0.2) is 9.78 Å². The minimum absolute atomic E-state index is 0.197. The van der Waals surface area contributed by atoms with Gasteiger partial charge in [-0.1, -0.05) is 0 Å². The van der Waals surface area contributed by atoms with Crippen LogP contribution in [0.15, 0.2) is 10.9 Å². The third-order valence-corrected chi connectivity index (χ3v) is 4.02. The fraction of sp³-hybridized carbons (Fsp3) is 0.733. The van der Waals surface area contributed by atoms with E-state index in [9.17, 15) is 4.79 Å². The number of hydrogen-bond donors (Lipinski definition) is 2. The average molecular weight is 311 g/mol. The van der Waals surface area contributed by atoms with Gasteiger partial charge in [-0.2, -0.15) is 0 Å². The van der Waals surface area contributed by atoms with Crippen molar-refractivity contribution in [1.29, 1.82) is 0 Å². The SMILES string of the molecule is CC(NC(CNC(=O)OC(C)(C)C)C1CC1)c1cscn1. The number of alkyl carbamates (subject to hydrolysis) is 1. The van der Waals surface area contributed by atoms with Crippen molar-refractivity contribution in [2.45, 2.75) is 58.2 Å². The third kappa shape index (κ3) is 5.63. The highest BCUT2D eigenvalue weighted by Gasteiger charge is 2.32. The first-order chi connectivity index (χ1) is 9.85. The summed E-state index contributed by atoms with van der Waals surface area (Å²) in [5.41, 5.74) is 2.45. The maximum absolute atomic E-state index is 11.7. The number of aromatic nitrogens is 1. The summed E-state index contributed by atoms with van der Waals surface area (Å²) >= 11 is 1.60. The molecule has 2 unspecified atom stereocenters. The molecular weight excluding hydrogens is 286 g/mol. The van der Waals surface area contributed by atoms with Crippen LogP contribution in [0.5, 0.6) is 0 Å². The molecule has 2 atom stereocenters. The Balaban J connectivity index is 1.81. The molecule has 0 saturated heterocycles. The summed E-state index contributed by atoms with van der Waals surface area (Å²) in [5, 5.41) is 8.50. The zero-order valence-electron chi connectivity index (χ0n) is 13.2. The molecule has 6 heteroatoms. The molecule has 1 aliphatic carbocycles. The van der Waals surface area contributed by atoms with Crippen LogP contribution in [0.2, 0.25) is 0 Å². The van der Waals surface area contributed by atoms with Gasteiger partial charge in [0.1, 0.15) is 5.60 Å². The van der Waals surface area contributed by atoms with Gasteiger partial charge in [0.15, 0.2) is 0 Å². The van der Waals surface area contributed by atoms with Crippen molar-refractivity contribution in [1.82, 2.24) is 15.6 Å². The monoisotopic (exact) mass is 311 g/mol. The van der Waals surface area contributed by atoms with Crippen molar-refractivity contribution in [2.24, 2.45) is 5.92 Å². The summed E-state index contributed by atoms with van der Waals surface area (Å²) in [4.78, 5) is 16.1. The van der Waals surface area contributed by atoms with E-state index in [0.29, 0.717) is 12.5 Å². The Hall–Kier alpha value is -1.14. The molecule has 1 fully saturated rings. The minimum Gasteiger partial charge on any atom is -0.444 e. The summed E-state index contributed by atoms with van der Waals surface area (Å²) < 4.78 is 5.28. The van der Waals surface area contributed by atoms with E-state index in [4.69, 9.17) is 4.74 Å². The van der Waals surface area contributed by atoms with E-state index in [-0.39, 0.29) is 18.2 Å². The summed E-state index contributed by atoms with van der Waals surface area (Å²) in [7, 11) is 0. The van der Waals surface area contributed by atoms with Gasteiger partial charge in [0.05, 0.1) is 11.2 Å². The van der Waals surface area contributed by atoms with Crippen molar-refractivity contribution in [3.05, 3.63) is 16.6 Å². The number of carbonyl (C=O) groups excluding carboxylic acids is 1. The molecule has 1 heterocycles. The molecule has 21 heavy (non-hydrogen) atoms. The lowest BCUT2D eigenvalue weighted by Gasteiger charge is -2.24. The second-order valence-corrected chi connectivity index (χ2v) is 7.35. The van der Waals surface area contributed by atoms with Crippen LogP contribution in [-0.2, 0) is 4.74 Å². The minimum atomic E-state index is -0.458. The van der Waals surface area contributed by atoms with E-state index in [1.165, 1.54) is 12.8 Å². The van der Waals surface area contributed by atoms with Gasteiger partial charge in [0.25, 0.3) is 0 Å². The van der Waals surface area contributed by atoms with Crippen LogP contribution in [0, 0.1) is 5.92 Å². The Morgan fingerprint density at radius 1 is 1.52 bits per heavy atom. The number of nitrogens with zero attached hydrogens (tertiary/aromatic N) is 1. The highest BCUT2D eigenvalue weighted by molar-refractivity contribution is 7.07. The second kappa shape index (κ2) is 6.75. The summed E-state index contributed by atoms with van der Waals surface area (Å²) in [6.07, 6.45) is 2.09. The molecule has 1 amide bonds. The van der Waals surface area contributed by atoms with Crippen LogP contribution in [0.1, 0.15) is 52.3 Å². The molecule has 1 aromatic heterocycles. The molecule has 118 valence electrons. The lowest BCUT2D eigenvalue weighted by atomic mass is 10.1. The predicted octanol–water partition coefficient (Wildman–Crippen LogP) is 3.10. The topological polar surface area (TPSA) is 63.2 Å². The second-order valence-electron chi connectivity index (χ2n) is 6.63. The van der Waals surface area contributed by atoms with Gasteiger partial charge in [-0.3, -0.25) is 0 Å².